The molecule has 34 heavy (non-hydrogen) atoms. The van der Waals surface area contributed by atoms with E-state index >= 15 is 0 Å². The van der Waals surface area contributed by atoms with Gasteiger partial charge < -0.3 is 19.3 Å². The Hall–Kier alpha value is -1.89. The number of nitrogens with zero attached hydrogens (tertiary/aromatic N) is 2. The van der Waals surface area contributed by atoms with Crippen molar-refractivity contribution in [1.29, 1.82) is 0 Å². The average Bonchev–Trinajstić information content (AvgIpc) is 3.47. The smallest absolute Gasteiger partial charge is 0.336 e. The van der Waals surface area contributed by atoms with Gasteiger partial charge in [-0.1, -0.05) is 6.92 Å². The summed E-state index contributed by atoms with van der Waals surface area (Å²) in [6, 6.07) is 0.242. The summed E-state index contributed by atoms with van der Waals surface area (Å²) in [7, 11) is 0. The summed E-state index contributed by atoms with van der Waals surface area (Å²) in [6.45, 7) is 8.00. The second-order valence-corrected chi connectivity index (χ2v) is 11.9. The molecule has 0 bridgehead atoms. The predicted octanol–water partition coefficient (Wildman–Crippen LogP) is 3.14. The Bertz CT molecular complexity index is 916. The molecule has 1 amide bonds. The van der Waals surface area contributed by atoms with Crippen molar-refractivity contribution in [1.82, 2.24) is 9.80 Å². The first-order valence-corrected chi connectivity index (χ1v) is 13.5. The van der Waals surface area contributed by atoms with Crippen LogP contribution in [0.2, 0.25) is 0 Å². The van der Waals surface area contributed by atoms with Crippen LogP contribution < -0.4 is 0 Å². The molecule has 5 fully saturated rings. The van der Waals surface area contributed by atoms with Gasteiger partial charge in [0.1, 0.15) is 6.61 Å². The van der Waals surface area contributed by atoms with Crippen LogP contribution in [-0.4, -0.2) is 66.5 Å². The van der Waals surface area contributed by atoms with Gasteiger partial charge in [-0.3, -0.25) is 9.59 Å². The quantitative estimate of drug-likeness (QED) is 0.575. The maximum Gasteiger partial charge on any atom is 0.336 e. The molecule has 4 aliphatic heterocycles. The van der Waals surface area contributed by atoms with Gasteiger partial charge >= 0.3 is 11.9 Å². The third-order valence-corrected chi connectivity index (χ3v) is 10.3. The van der Waals surface area contributed by atoms with Crippen LogP contribution in [0.4, 0.5) is 0 Å². The van der Waals surface area contributed by atoms with E-state index in [1.807, 2.05) is 4.90 Å². The molecule has 6 aliphatic rings. The number of hydrogen-bond donors (Lipinski definition) is 0. The summed E-state index contributed by atoms with van der Waals surface area (Å²) in [4.78, 5) is 42.3. The minimum Gasteiger partial charge on any atom is -0.465 e. The Morgan fingerprint density at radius 2 is 1.79 bits per heavy atom. The van der Waals surface area contributed by atoms with Gasteiger partial charge in [0.05, 0.1) is 29.2 Å². The number of esters is 2. The summed E-state index contributed by atoms with van der Waals surface area (Å²) in [5.41, 5.74) is 1.17. The first-order valence-electron chi connectivity index (χ1n) is 13.5. The molecular formula is C27H38N2O5. The van der Waals surface area contributed by atoms with E-state index < -0.39 is 0 Å². The lowest BCUT2D eigenvalue weighted by atomic mass is 9.67. The number of amides is 1. The van der Waals surface area contributed by atoms with E-state index in [1.54, 1.807) is 6.92 Å². The van der Waals surface area contributed by atoms with Crippen LogP contribution in [0.3, 0.4) is 0 Å². The van der Waals surface area contributed by atoms with Gasteiger partial charge in [-0.2, -0.15) is 0 Å². The third kappa shape index (κ3) is 3.61. The zero-order valence-electron chi connectivity index (χ0n) is 20.6. The molecule has 0 radical (unpaired) electrons. The predicted molar refractivity (Wildman–Crippen MR) is 124 cm³/mol. The Labute approximate surface area is 202 Å². The number of piperidine rings is 1. The number of rotatable bonds is 5. The summed E-state index contributed by atoms with van der Waals surface area (Å²) in [5, 5.41) is 0. The maximum absolute atomic E-state index is 13.8. The summed E-state index contributed by atoms with van der Waals surface area (Å²) in [5.74, 6) is 2.32. The molecule has 186 valence electrons. The average molecular weight is 471 g/mol. The lowest BCUT2D eigenvalue weighted by Gasteiger charge is -2.40. The van der Waals surface area contributed by atoms with Gasteiger partial charge in [-0.25, -0.2) is 4.79 Å². The standard InChI is InChI=1S/C27H38N2O5/c1-16-18(5-6-20-21(16)14-33-25(20)31)7-10-28-11-8-27(9-12-28)13-22(19-3-4-19)29(26(27)32)23-15-34-24(30)17(23)2/h16,18-22H,3-15H2,1-2H3. The van der Waals surface area contributed by atoms with Crippen LogP contribution in [0.25, 0.3) is 0 Å². The highest BCUT2D eigenvalue weighted by molar-refractivity contribution is 5.94. The van der Waals surface area contributed by atoms with Gasteiger partial charge in [0.2, 0.25) is 5.91 Å². The molecular weight excluding hydrogens is 432 g/mol. The molecule has 2 aliphatic carbocycles. The molecule has 6 rings (SSSR count). The molecule has 5 unspecified atom stereocenters. The van der Waals surface area contributed by atoms with Crippen molar-refractivity contribution >= 4 is 17.8 Å². The van der Waals surface area contributed by atoms with Crippen LogP contribution in [-0.2, 0) is 23.9 Å². The van der Waals surface area contributed by atoms with Crippen molar-refractivity contribution in [3.8, 4) is 0 Å². The first kappa shape index (κ1) is 22.6. The molecule has 0 N–H and O–H groups in total. The van der Waals surface area contributed by atoms with E-state index in [4.69, 9.17) is 9.47 Å². The van der Waals surface area contributed by atoms with Crippen molar-refractivity contribution in [2.45, 2.75) is 71.3 Å². The van der Waals surface area contributed by atoms with Crippen molar-refractivity contribution in [3.63, 3.8) is 0 Å². The SMILES string of the molecule is CC1=C(N2C(=O)C3(CCN(CCC4CCC5C(=O)OCC5C4C)CC3)CC2C2CC2)COC1=O. The molecule has 4 heterocycles. The van der Waals surface area contributed by atoms with Gasteiger partial charge in [0, 0.05) is 12.0 Å². The number of cyclic esters (lactones) is 2. The van der Waals surface area contributed by atoms with Crippen LogP contribution in [0.1, 0.15) is 65.2 Å². The molecule has 0 aromatic carbocycles. The molecule has 1 spiro atoms. The number of hydrogen-bond acceptors (Lipinski definition) is 6. The first-order chi connectivity index (χ1) is 16.4. The highest BCUT2D eigenvalue weighted by atomic mass is 16.5. The number of ether oxygens (including phenoxy) is 2. The maximum atomic E-state index is 13.8. The molecule has 5 atom stereocenters. The largest absolute Gasteiger partial charge is 0.465 e. The number of carbonyl (C=O) groups is 3. The van der Waals surface area contributed by atoms with E-state index in [0.717, 1.165) is 57.4 Å². The van der Waals surface area contributed by atoms with Crippen molar-refractivity contribution < 1.29 is 23.9 Å². The van der Waals surface area contributed by atoms with Gasteiger partial charge in [0.15, 0.2) is 0 Å². The number of carbonyl (C=O) groups excluding carboxylic acids is 3. The van der Waals surface area contributed by atoms with Gasteiger partial charge in [-0.05, 0) is 95.7 Å². The minimum absolute atomic E-state index is 0.0240. The Morgan fingerprint density at radius 1 is 1.03 bits per heavy atom. The van der Waals surface area contributed by atoms with Crippen molar-refractivity contribution in [2.75, 3.05) is 32.8 Å². The van der Waals surface area contributed by atoms with E-state index in [9.17, 15) is 14.4 Å². The Morgan fingerprint density at radius 3 is 2.47 bits per heavy atom. The fraction of sp³-hybridized carbons (Fsp3) is 0.815. The lowest BCUT2D eigenvalue weighted by Crippen LogP contribution is -2.45. The fourth-order valence-corrected chi connectivity index (χ4v) is 7.70. The van der Waals surface area contributed by atoms with E-state index in [2.05, 4.69) is 11.8 Å². The molecule has 0 aromatic rings. The molecule has 7 nitrogen and oxygen atoms in total. The van der Waals surface area contributed by atoms with Crippen LogP contribution in [0.5, 0.6) is 0 Å². The van der Waals surface area contributed by atoms with E-state index in [0.29, 0.717) is 35.9 Å². The minimum atomic E-state index is -0.273. The van der Waals surface area contributed by atoms with Crippen LogP contribution >= 0.6 is 0 Å². The summed E-state index contributed by atoms with van der Waals surface area (Å²) < 4.78 is 10.6. The van der Waals surface area contributed by atoms with E-state index in [-0.39, 0.29) is 41.8 Å². The Balaban J connectivity index is 1.07. The van der Waals surface area contributed by atoms with Crippen molar-refractivity contribution in [3.05, 3.63) is 11.3 Å². The van der Waals surface area contributed by atoms with Gasteiger partial charge in [0.25, 0.3) is 0 Å². The lowest BCUT2D eigenvalue weighted by molar-refractivity contribution is -0.142. The number of fused-ring (bicyclic) bond motifs is 1. The molecule has 3 saturated heterocycles. The molecule has 2 saturated carbocycles. The van der Waals surface area contributed by atoms with Crippen molar-refractivity contribution in [2.24, 2.45) is 35.0 Å². The molecule has 7 heteroatoms. The van der Waals surface area contributed by atoms with Gasteiger partial charge in [-0.15, -0.1) is 0 Å². The second-order valence-electron chi connectivity index (χ2n) is 11.9. The summed E-state index contributed by atoms with van der Waals surface area (Å²) >= 11 is 0. The molecule has 0 aromatic heterocycles. The summed E-state index contributed by atoms with van der Waals surface area (Å²) in [6.07, 6.45) is 8.43. The zero-order valence-corrected chi connectivity index (χ0v) is 20.6. The van der Waals surface area contributed by atoms with E-state index in [1.165, 1.54) is 19.3 Å². The zero-order chi connectivity index (χ0) is 23.6. The topological polar surface area (TPSA) is 76.2 Å². The number of likely N-dealkylation sites (tertiary alicyclic amines) is 2. The van der Waals surface area contributed by atoms with Crippen LogP contribution in [0.15, 0.2) is 11.3 Å². The fourth-order valence-electron chi connectivity index (χ4n) is 7.70. The monoisotopic (exact) mass is 470 g/mol. The Kier molecular flexibility index (Phi) is 5.54. The third-order valence-electron chi connectivity index (χ3n) is 10.3. The highest BCUT2D eigenvalue weighted by Crippen LogP contribution is 2.53. The normalized spacial score (nSPS) is 38.0. The highest BCUT2D eigenvalue weighted by Gasteiger charge is 2.57. The second kappa shape index (κ2) is 8.35. The van der Waals surface area contributed by atoms with Crippen LogP contribution in [0, 0.1) is 35.0 Å².